The highest BCUT2D eigenvalue weighted by Crippen LogP contribution is 2.31. The van der Waals surface area contributed by atoms with Crippen LogP contribution in [0.15, 0.2) is 109 Å². The van der Waals surface area contributed by atoms with E-state index in [2.05, 4.69) is 71.8 Å². The van der Waals surface area contributed by atoms with Gasteiger partial charge >= 0.3 is 0 Å². The molecule has 0 aliphatic heterocycles. The molecule has 30 heavy (non-hydrogen) atoms. The summed E-state index contributed by atoms with van der Waals surface area (Å²) in [5.74, 6) is 0. The van der Waals surface area contributed by atoms with Gasteiger partial charge in [-0.25, -0.2) is 4.98 Å². The van der Waals surface area contributed by atoms with E-state index in [4.69, 9.17) is 9.72 Å². The van der Waals surface area contributed by atoms with Crippen molar-refractivity contribution in [3.63, 3.8) is 0 Å². The maximum absolute atomic E-state index is 5.83. The fourth-order valence-corrected chi connectivity index (χ4v) is 3.50. The van der Waals surface area contributed by atoms with E-state index in [-0.39, 0.29) is 0 Å². The molecule has 0 N–H and O–H groups in total. The van der Waals surface area contributed by atoms with Gasteiger partial charge in [0, 0.05) is 17.7 Å². The van der Waals surface area contributed by atoms with Gasteiger partial charge in [0.2, 0.25) is 0 Å². The number of imidazole rings is 1. The number of hydrogen-bond donors (Lipinski definition) is 0. The van der Waals surface area contributed by atoms with E-state index in [1.165, 1.54) is 11.1 Å². The van der Waals surface area contributed by atoms with Gasteiger partial charge in [0.1, 0.15) is 0 Å². The Hall–Kier alpha value is -3.43. The molecule has 3 aromatic carbocycles. The fraction of sp³-hybridized carbons (Fsp3) is 0.148. The third-order valence-electron chi connectivity index (χ3n) is 5.06. The maximum atomic E-state index is 5.83. The Bertz CT molecular complexity index is 1070. The molecule has 0 bridgehead atoms. The van der Waals surface area contributed by atoms with E-state index in [0.29, 0.717) is 13.2 Å². The normalized spacial score (nSPS) is 10.8. The third-order valence-corrected chi connectivity index (χ3v) is 5.06. The molecule has 0 spiro atoms. The average Bonchev–Trinajstić information content (AvgIpc) is 3.23. The number of rotatable bonds is 9. The molecule has 0 unspecified atom stereocenters. The molecule has 1 heterocycles. The van der Waals surface area contributed by atoms with Crippen LogP contribution in [0, 0.1) is 0 Å². The van der Waals surface area contributed by atoms with Crippen LogP contribution in [0.25, 0.3) is 22.5 Å². The predicted octanol–water partition coefficient (Wildman–Crippen LogP) is 6.38. The van der Waals surface area contributed by atoms with Crippen LogP contribution < -0.4 is 0 Å². The van der Waals surface area contributed by atoms with Gasteiger partial charge in [0.25, 0.3) is 0 Å². The van der Waals surface area contributed by atoms with E-state index in [0.717, 1.165) is 35.5 Å². The van der Waals surface area contributed by atoms with Crippen LogP contribution in [0.3, 0.4) is 0 Å². The number of nitrogens with zero attached hydrogens (tertiary/aromatic N) is 2. The van der Waals surface area contributed by atoms with Crippen molar-refractivity contribution in [3.8, 4) is 22.5 Å². The topological polar surface area (TPSA) is 27.1 Å². The molecule has 0 saturated heterocycles. The molecule has 4 aromatic rings. The molecule has 0 saturated carbocycles. The molecule has 0 aliphatic rings. The molecule has 3 heteroatoms. The quantitative estimate of drug-likeness (QED) is 0.308. The number of benzene rings is 3. The van der Waals surface area contributed by atoms with Gasteiger partial charge in [-0.2, -0.15) is 0 Å². The van der Waals surface area contributed by atoms with Gasteiger partial charge in [-0.3, -0.25) is 0 Å². The Labute approximate surface area is 178 Å². The van der Waals surface area contributed by atoms with E-state index in [9.17, 15) is 0 Å². The Morgan fingerprint density at radius 3 is 2.07 bits per heavy atom. The van der Waals surface area contributed by atoms with Crippen LogP contribution in [0.4, 0.5) is 0 Å². The minimum atomic E-state index is 0.565. The van der Waals surface area contributed by atoms with Crippen molar-refractivity contribution in [3.05, 3.63) is 115 Å². The summed E-state index contributed by atoms with van der Waals surface area (Å²) in [6.45, 7) is 6.20. The summed E-state index contributed by atoms with van der Waals surface area (Å²) in [6, 6.07) is 31.0. The lowest BCUT2D eigenvalue weighted by molar-refractivity contribution is 0.140. The largest absolute Gasteiger partial charge is 0.372 e. The van der Waals surface area contributed by atoms with Crippen LogP contribution in [-0.4, -0.2) is 16.2 Å². The van der Waals surface area contributed by atoms with Gasteiger partial charge in [-0.05, 0) is 12.0 Å². The molecule has 0 radical (unpaired) electrons. The van der Waals surface area contributed by atoms with Crippen molar-refractivity contribution in [2.24, 2.45) is 0 Å². The van der Waals surface area contributed by atoms with Gasteiger partial charge < -0.3 is 9.30 Å². The Morgan fingerprint density at radius 1 is 0.800 bits per heavy atom. The predicted molar refractivity (Wildman–Crippen MR) is 123 cm³/mol. The molecular weight excluding hydrogens is 368 g/mol. The average molecular weight is 395 g/mol. The van der Waals surface area contributed by atoms with Gasteiger partial charge in [-0.1, -0.05) is 103 Å². The molecule has 3 nitrogen and oxygen atoms in total. The second-order valence-electron chi connectivity index (χ2n) is 7.35. The maximum Gasteiger partial charge on any atom is 0.0963 e. The van der Waals surface area contributed by atoms with Crippen LogP contribution >= 0.6 is 0 Å². The zero-order valence-corrected chi connectivity index (χ0v) is 17.1. The van der Waals surface area contributed by atoms with Crippen molar-refractivity contribution >= 4 is 0 Å². The summed E-state index contributed by atoms with van der Waals surface area (Å²) in [7, 11) is 0. The molecule has 0 aliphatic carbocycles. The molecule has 0 atom stereocenters. The minimum Gasteiger partial charge on any atom is -0.372 e. The highest BCUT2D eigenvalue weighted by atomic mass is 16.5. The number of ether oxygens (including phenoxy) is 1. The van der Waals surface area contributed by atoms with Crippen molar-refractivity contribution in [2.45, 2.75) is 19.6 Å². The lowest BCUT2D eigenvalue weighted by Crippen LogP contribution is -2.04. The lowest BCUT2D eigenvalue weighted by Gasteiger charge is -2.12. The zero-order valence-electron chi connectivity index (χ0n) is 17.1. The summed E-state index contributed by atoms with van der Waals surface area (Å²) in [6.07, 6.45) is 2.78. The summed E-state index contributed by atoms with van der Waals surface area (Å²) < 4.78 is 8.06. The number of aryl methyl sites for hydroxylation is 1. The van der Waals surface area contributed by atoms with Crippen molar-refractivity contribution in [1.29, 1.82) is 0 Å². The molecule has 0 fully saturated rings. The highest BCUT2D eigenvalue weighted by molar-refractivity contribution is 5.78. The highest BCUT2D eigenvalue weighted by Gasteiger charge is 2.14. The van der Waals surface area contributed by atoms with Crippen LogP contribution in [0.5, 0.6) is 0 Å². The first kappa shape index (κ1) is 19.9. The summed E-state index contributed by atoms with van der Waals surface area (Å²) >= 11 is 0. The van der Waals surface area contributed by atoms with E-state index in [1.807, 2.05) is 36.7 Å². The SMILES string of the molecule is C=C(CCn1cnc(-c2ccccc2)c1-c1ccccc1)COCc1ccccc1. The van der Waals surface area contributed by atoms with E-state index in [1.54, 1.807) is 0 Å². The summed E-state index contributed by atoms with van der Waals surface area (Å²) in [5, 5.41) is 0. The van der Waals surface area contributed by atoms with Crippen molar-refractivity contribution in [2.75, 3.05) is 6.61 Å². The number of hydrogen-bond acceptors (Lipinski definition) is 2. The standard InChI is InChI=1S/C27H26N2O/c1-22(19-30-20-23-11-5-2-6-12-23)17-18-29-21-28-26(24-13-7-3-8-14-24)27(29)25-15-9-4-10-16-25/h2-16,21H,1,17-20H2. The second kappa shape index (κ2) is 9.86. The monoisotopic (exact) mass is 394 g/mol. The minimum absolute atomic E-state index is 0.565. The molecule has 1 aromatic heterocycles. The first-order chi connectivity index (χ1) is 14.8. The van der Waals surface area contributed by atoms with Crippen LogP contribution in [0.2, 0.25) is 0 Å². The third kappa shape index (κ3) is 4.94. The molecular formula is C27H26N2O. The van der Waals surface area contributed by atoms with Gasteiger partial charge in [0.05, 0.1) is 30.9 Å². The van der Waals surface area contributed by atoms with E-state index >= 15 is 0 Å². The molecule has 0 amide bonds. The Kier molecular flexibility index (Phi) is 6.53. The first-order valence-electron chi connectivity index (χ1n) is 10.3. The van der Waals surface area contributed by atoms with Crippen molar-refractivity contribution in [1.82, 2.24) is 9.55 Å². The first-order valence-corrected chi connectivity index (χ1v) is 10.3. The number of aromatic nitrogens is 2. The molecule has 4 rings (SSSR count). The Morgan fingerprint density at radius 2 is 1.40 bits per heavy atom. The van der Waals surface area contributed by atoms with Gasteiger partial charge in [0.15, 0.2) is 0 Å². The summed E-state index contributed by atoms with van der Waals surface area (Å²) in [4.78, 5) is 4.74. The van der Waals surface area contributed by atoms with Crippen LogP contribution in [-0.2, 0) is 17.9 Å². The second-order valence-corrected chi connectivity index (χ2v) is 7.35. The Balaban J connectivity index is 1.45. The lowest BCUT2D eigenvalue weighted by atomic mass is 10.0. The summed E-state index contributed by atoms with van der Waals surface area (Å²) in [5.41, 5.74) is 6.70. The van der Waals surface area contributed by atoms with Crippen LogP contribution in [0.1, 0.15) is 12.0 Å². The zero-order chi connectivity index (χ0) is 20.6. The van der Waals surface area contributed by atoms with Gasteiger partial charge in [-0.15, -0.1) is 0 Å². The smallest absolute Gasteiger partial charge is 0.0963 e. The molecule has 150 valence electrons. The van der Waals surface area contributed by atoms with Crippen molar-refractivity contribution < 1.29 is 4.74 Å². The van der Waals surface area contributed by atoms with E-state index < -0.39 is 0 Å². The fourth-order valence-electron chi connectivity index (χ4n) is 3.50.